The van der Waals surface area contributed by atoms with Crippen molar-refractivity contribution in [3.05, 3.63) is 72.1 Å². The number of likely N-dealkylation sites (tertiary alicyclic amines) is 1. The Labute approximate surface area is 168 Å². The van der Waals surface area contributed by atoms with Crippen LogP contribution in [-0.2, 0) is 0 Å². The van der Waals surface area contributed by atoms with Gasteiger partial charge in [0.15, 0.2) is 0 Å². The van der Waals surface area contributed by atoms with Gasteiger partial charge in [0.05, 0.1) is 11.6 Å². The summed E-state index contributed by atoms with van der Waals surface area (Å²) in [6, 6.07) is 18.1. The molecule has 2 N–H and O–H groups in total. The molecule has 3 aromatic rings. The fourth-order valence-corrected chi connectivity index (χ4v) is 3.43. The van der Waals surface area contributed by atoms with Gasteiger partial charge in [-0.15, -0.1) is 0 Å². The third kappa shape index (κ3) is 4.55. The second-order valence-corrected chi connectivity index (χ2v) is 6.97. The van der Waals surface area contributed by atoms with Crippen LogP contribution in [0.4, 0.5) is 10.5 Å². The van der Waals surface area contributed by atoms with E-state index in [-0.39, 0.29) is 6.03 Å². The van der Waals surface area contributed by atoms with Crippen LogP contribution >= 0.6 is 0 Å². The van der Waals surface area contributed by atoms with Gasteiger partial charge < -0.3 is 15.0 Å². The van der Waals surface area contributed by atoms with Gasteiger partial charge in [-0.1, -0.05) is 0 Å². The summed E-state index contributed by atoms with van der Waals surface area (Å²) in [4.78, 5) is 14.4. The fraction of sp³-hybridized carbons (Fsp3) is 0.227. The van der Waals surface area contributed by atoms with Crippen LogP contribution in [-0.4, -0.2) is 34.2 Å². The van der Waals surface area contributed by atoms with Crippen molar-refractivity contribution in [1.29, 1.82) is 5.26 Å². The van der Waals surface area contributed by atoms with E-state index in [1.807, 2.05) is 23.1 Å². The van der Waals surface area contributed by atoms with E-state index in [0.717, 1.165) is 37.3 Å². The Morgan fingerprint density at radius 1 is 1.07 bits per heavy atom. The van der Waals surface area contributed by atoms with Crippen LogP contribution in [0.25, 0.3) is 0 Å². The lowest BCUT2D eigenvalue weighted by Crippen LogP contribution is -2.40. The zero-order chi connectivity index (χ0) is 20.1. The summed E-state index contributed by atoms with van der Waals surface area (Å²) in [5.41, 5.74) is 2.45. The van der Waals surface area contributed by atoms with Gasteiger partial charge in [0, 0.05) is 36.6 Å². The molecule has 0 spiro atoms. The molecule has 1 aliphatic rings. The van der Waals surface area contributed by atoms with Crippen molar-refractivity contribution < 1.29 is 9.53 Å². The highest BCUT2D eigenvalue weighted by atomic mass is 16.5. The van der Waals surface area contributed by atoms with Crippen molar-refractivity contribution >= 4 is 11.7 Å². The predicted octanol–water partition coefficient (Wildman–Crippen LogP) is 4.49. The minimum Gasteiger partial charge on any atom is -0.457 e. The number of aromatic nitrogens is 2. The monoisotopic (exact) mass is 387 g/mol. The molecule has 7 heteroatoms. The van der Waals surface area contributed by atoms with Gasteiger partial charge in [-0.2, -0.15) is 10.4 Å². The van der Waals surface area contributed by atoms with E-state index >= 15 is 0 Å². The number of nitrogens with one attached hydrogen (secondary N) is 2. The smallest absolute Gasteiger partial charge is 0.321 e. The first-order valence-corrected chi connectivity index (χ1v) is 9.54. The predicted molar refractivity (Wildman–Crippen MR) is 109 cm³/mol. The number of anilines is 1. The van der Waals surface area contributed by atoms with E-state index in [9.17, 15) is 4.79 Å². The molecule has 7 nitrogen and oxygen atoms in total. The van der Waals surface area contributed by atoms with Gasteiger partial charge in [0.1, 0.15) is 11.5 Å². The number of carbonyl (C=O) groups is 1. The fourth-order valence-electron chi connectivity index (χ4n) is 3.43. The molecule has 146 valence electrons. The maximum atomic E-state index is 12.5. The first kappa shape index (κ1) is 18.6. The number of ether oxygens (including phenoxy) is 1. The Morgan fingerprint density at radius 3 is 2.31 bits per heavy atom. The van der Waals surface area contributed by atoms with Crippen molar-refractivity contribution in [2.75, 3.05) is 18.4 Å². The lowest BCUT2D eigenvalue weighted by atomic mass is 9.94. The number of piperidine rings is 1. The number of aromatic amines is 1. The maximum absolute atomic E-state index is 12.5. The van der Waals surface area contributed by atoms with Gasteiger partial charge in [-0.25, -0.2) is 4.79 Å². The average Bonchev–Trinajstić information content (AvgIpc) is 3.31. The molecule has 0 bridgehead atoms. The molecule has 0 aliphatic carbocycles. The van der Waals surface area contributed by atoms with Crippen LogP contribution in [0.2, 0.25) is 0 Å². The number of carbonyl (C=O) groups excluding carboxylic acids is 1. The first-order valence-electron chi connectivity index (χ1n) is 9.54. The van der Waals surface area contributed by atoms with E-state index in [2.05, 4.69) is 21.6 Å². The summed E-state index contributed by atoms with van der Waals surface area (Å²) in [5.74, 6) is 1.74. The average molecular weight is 387 g/mol. The third-order valence-electron chi connectivity index (χ3n) is 5.07. The molecule has 0 radical (unpaired) electrons. The number of rotatable bonds is 4. The van der Waals surface area contributed by atoms with Gasteiger partial charge >= 0.3 is 6.03 Å². The number of amides is 2. The Balaban J connectivity index is 1.29. The Kier molecular flexibility index (Phi) is 5.43. The highest BCUT2D eigenvalue weighted by molar-refractivity contribution is 5.89. The normalized spacial score (nSPS) is 14.2. The van der Waals surface area contributed by atoms with Crippen molar-refractivity contribution in [3.63, 3.8) is 0 Å². The summed E-state index contributed by atoms with van der Waals surface area (Å²) in [5, 5.41) is 18.8. The number of hydrogen-bond donors (Lipinski definition) is 2. The molecular weight excluding hydrogens is 366 g/mol. The molecule has 1 aliphatic heterocycles. The molecule has 1 fully saturated rings. The number of benzene rings is 2. The molecule has 2 aromatic carbocycles. The topological polar surface area (TPSA) is 94.0 Å². The zero-order valence-corrected chi connectivity index (χ0v) is 15.8. The lowest BCUT2D eigenvalue weighted by molar-refractivity contribution is 0.194. The van der Waals surface area contributed by atoms with Crippen molar-refractivity contribution in [1.82, 2.24) is 15.1 Å². The molecule has 0 atom stereocenters. The van der Waals surface area contributed by atoms with Crippen LogP contribution in [0.3, 0.4) is 0 Å². The molecule has 0 saturated carbocycles. The SMILES string of the molecule is N#Cc1ccc(Oc2ccc(NC(=O)N3CCC(c4ccn[nH]4)CC3)cc2)cc1. The first-order chi connectivity index (χ1) is 14.2. The molecule has 1 aromatic heterocycles. The van der Waals surface area contributed by atoms with Crippen LogP contribution in [0, 0.1) is 11.3 Å². The second kappa shape index (κ2) is 8.48. The molecular formula is C22H21N5O2. The molecule has 2 amide bonds. The Bertz CT molecular complexity index is 983. The van der Waals surface area contributed by atoms with Crippen LogP contribution in [0.15, 0.2) is 60.8 Å². The standard InChI is InChI=1S/C22H21N5O2/c23-15-16-1-5-19(6-2-16)29-20-7-3-18(4-8-20)25-22(28)27-13-10-17(11-14-27)21-9-12-24-26-21/h1-9,12,17H,10-11,13-14H2,(H,24,26)(H,25,28). The van der Waals surface area contributed by atoms with Crippen LogP contribution in [0.5, 0.6) is 11.5 Å². The zero-order valence-electron chi connectivity index (χ0n) is 15.8. The van der Waals surface area contributed by atoms with Crippen molar-refractivity contribution in [2.24, 2.45) is 0 Å². The lowest BCUT2D eigenvalue weighted by Gasteiger charge is -2.31. The van der Waals surface area contributed by atoms with Crippen molar-refractivity contribution in [2.45, 2.75) is 18.8 Å². The molecule has 1 saturated heterocycles. The third-order valence-corrected chi connectivity index (χ3v) is 5.07. The Morgan fingerprint density at radius 2 is 1.72 bits per heavy atom. The number of nitriles is 1. The van der Waals surface area contributed by atoms with E-state index in [1.165, 1.54) is 0 Å². The van der Waals surface area contributed by atoms with Crippen LogP contribution in [0.1, 0.15) is 30.0 Å². The molecule has 29 heavy (non-hydrogen) atoms. The maximum Gasteiger partial charge on any atom is 0.321 e. The summed E-state index contributed by atoms with van der Waals surface area (Å²) < 4.78 is 5.76. The quantitative estimate of drug-likeness (QED) is 0.690. The summed E-state index contributed by atoms with van der Waals surface area (Å²) >= 11 is 0. The van der Waals surface area contributed by atoms with Gasteiger partial charge in [-0.3, -0.25) is 5.10 Å². The van der Waals surface area contributed by atoms with Gasteiger partial charge in [0.2, 0.25) is 0 Å². The number of H-pyrrole nitrogens is 1. The number of hydrogen-bond acceptors (Lipinski definition) is 4. The summed E-state index contributed by atoms with van der Waals surface area (Å²) in [7, 11) is 0. The second-order valence-electron chi connectivity index (χ2n) is 6.97. The van der Waals surface area contributed by atoms with Gasteiger partial charge in [-0.05, 0) is 67.4 Å². The van der Waals surface area contributed by atoms with Crippen LogP contribution < -0.4 is 10.1 Å². The molecule has 4 rings (SSSR count). The van der Waals surface area contributed by atoms with E-state index in [4.69, 9.17) is 10.00 Å². The highest BCUT2D eigenvalue weighted by Crippen LogP contribution is 2.27. The molecule has 0 unspecified atom stereocenters. The minimum atomic E-state index is -0.0891. The Hall–Kier alpha value is -3.79. The van der Waals surface area contributed by atoms with E-state index in [1.54, 1.807) is 42.6 Å². The number of urea groups is 1. The highest BCUT2D eigenvalue weighted by Gasteiger charge is 2.24. The largest absolute Gasteiger partial charge is 0.457 e. The van der Waals surface area contributed by atoms with E-state index in [0.29, 0.717) is 23.0 Å². The summed E-state index contributed by atoms with van der Waals surface area (Å²) in [6.07, 6.45) is 3.61. The molecule has 2 heterocycles. The van der Waals surface area contributed by atoms with Crippen molar-refractivity contribution in [3.8, 4) is 17.6 Å². The van der Waals surface area contributed by atoms with Gasteiger partial charge in [0.25, 0.3) is 0 Å². The number of nitrogens with zero attached hydrogens (tertiary/aromatic N) is 3. The minimum absolute atomic E-state index is 0.0891. The summed E-state index contributed by atoms with van der Waals surface area (Å²) in [6.45, 7) is 1.44. The van der Waals surface area contributed by atoms with E-state index < -0.39 is 0 Å².